The molecule has 1 saturated heterocycles. The predicted octanol–water partition coefficient (Wildman–Crippen LogP) is 5.42. The molecule has 0 radical (unpaired) electrons. The van der Waals surface area contributed by atoms with E-state index in [9.17, 15) is 9.59 Å². The molecule has 5 nitrogen and oxygen atoms in total. The Labute approximate surface area is 182 Å². The topological polar surface area (TPSA) is 81.4 Å². The molecule has 1 aliphatic rings. The quantitative estimate of drug-likeness (QED) is 0.255. The van der Waals surface area contributed by atoms with Crippen LogP contribution < -0.4 is 11.1 Å². The molecule has 30 heavy (non-hydrogen) atoms. The van der Waals surface area contributed by atoms with Gasteiger partial charge in [-0.25, -0.2) is 4.79 Å². The molecule has 1 heterocycles. The molecule has 0 aliphatic carbocycles. The van der Waals surface area contributed by atoms with Gasteiger partial charge in [0.25, 0.3) is 0 Å². The molecule has 3 atom stereocenters. The van der Waals surface area contributed by atoms with Crippen LogP contribution in [0.3, 0.4) is 0 Å². The first-order valence-electron chi connectivity index (χ1n) is 11.8. The van der Waals surface area contributed by atoms with Crippen molar-refractivity contribution >= 4 is 17.4 Å². The van der Waals surface area contributed by atoms with Crippen LogP contribution >= 0.6 is 0 Å². The van der Waals surface area contributed by atoms with E-state index in [1.807, 2.05) is 0 Å². The Morgan fingerprint density at radius 3 is 2.17 bits per heavy atom. The number of carbonyl (C=O) groups excluding carboxylic acids is 2. The summed E-state index contributed by atoms with van der Waals surface area (Å²) >= 11 is 0. The summed E-state index contributed by atoms with van der Waals surface area (Å²) in [7, 11) is 0. The number of esters is 1. The normalized spacial score (nSPS) is 21.3. The van der Waals surface area contributed by atoms with Crippen molar-refractivity contribution in [3.63, 3.8) is 0 Å². The average Bonchev–Trinajstić information content (AvgIpc) is 2.71. The van der Waals surface area contributed by atoms with Gasteiger partial charge in [-0.2, -0.15) is 0 Å². The largest absolute Gasteiger partial charge is 0.457 e. The van der Waals surface area contributed by atoms with Crippen LogP contribution in [0.2, 0.25) is 0 Å². The van der Waals surface area contributed by atoms with Gasteiger partial charge in [-0.05, 0) is 63.8 Å². The van der Waals surface area contributed by atoms with Gasteiger partial charge in [-0.15, -0.1) is 0 Å². The summed E-state index contributed by atoms with van der Waals surface area (Å²) in [5.41, 5.74) is 6.87. The minimum absolute atomic E-state index is 0.0747. The standard InChI is InChI=1S/C25H40N2O3/c1-19(28)11-9-7-5-3-4-6-8-10-12-23-17-18-24(20(2)27-23)30-25(29)21-13-15-22(26)16-14-21/h13-16,20,23-24,27H,3-12,17-18,26H2,1-2H3/t20-,23+,24-/m1/s1. The fourth-order valence-electron chi connectivity index (χ4n) is 4.22. The minimum Gasteiger partial charge on any atom is -0.457 e. The van der Waals surface area contributed by atoms with Gasteiger partial charge in [0.05, 0.1) is 5.56 Å². The maximum absolute atomic E-state index is 12.3. The third-order valence-electron chi connectivity index (χ3n) is 6.09. The average molecular weight is 417 g/mol. The second-order valence-electron chi connectivity index (χ2n) is 8.86. The lowest BCUT2D eigenvalue weighted by atomic mass is 9.93. The van der Waals surface area contributed by atoms with Crippen LogP contribution in [0.5, 0.6) is 0 Å². The van der Waals surface area contributed by atoms with Crippen molar-refractivity contribution in [2.75, 3.05) is 5.73 Å². The molecule has 1 fully saturated rings. The number of anilines is 1. The van der Waals surface area contributed by atoms with E-state index in [2.05, 4.69) is 12.2 Å². The number of ketones is 1. The van der Waals surface area contributed by atoms with Crippen LogP contribution in [-0.4, -0.2) is 29.9 Å². The summed E-state index contributed by atoms with van der Waals surface area (Å²) < 4.78 is 5.73. The van der Waals surface area contributed by atoms with Gasteiger partial charge in [0.2, 0.25) is 0 Å². The Hall–Kier alpha value is -1.88. The molecule has 0 saturated carbocycles. The second kappa shape index (κ2) is 13.4. The van der Waals surface area contributed by atoms with Crippen molar-refractivity contribution in [3.05, 3.63) is 29.8 Å². The second-order valence-corrected chi connectivity index (χ2v) is 8.86. The Morgan fingerprint density at radius 1 is 0.967 bits per heavy atom. The Kier molecular flexibility index (Phi) is 10.9. The van der Waals surface area contributed by atoms with Crippen molar-refractivity contribution in [3.8, 4) is 0 Å². The molecule has 0 aromatic heterocycles. The van der Waals surface area contributed by atoms with Gasteiger partial charge < -0.3 is 20.6 Å². The first-order chi connectivity index (χ1) is 14.5. The molecule has 168 valence electrons. The molecule has 0 bridgehead atoms. The Balaban J connectivity index is 1.52. The third kappa shape index (κ3) is 9.29. The SMILES string of the molecule is CC(=O)CCCCCCCCCC[C@H]1CC[C@@H](OC(=O)c2ccc(N)cc2)[C@@H](C)N1. The summed E-state index contributed by atoms with van der Waals surface area (Å²) in [4.78, 5) is 23.2. The van der Waals surface area contributed by atoms with Crippen LogP contribution in [0.15, 0.2) is 24.3 Å². The monoisotopic (exact) mass is 416 g/mol. The van der Waals surface area contributed by atoms with E-state index >= 15 is 0 Å². The first kappa shape index (κ1) is 24.4. The number of ether oxygens (including phenoxy) is 1. The van der Waals surface area contributed by atoms with Gasteiger partial charge in [0.15, 0.2) is 0 Å². The number of hydrogen-bond acceptors (Lipinski definition) is 5. The predicted molar refractivity (Wildman–Crippen MR) is 123 cm³/mol. The molecular weight excluding hydrogens is 376 g/mol. The maximum Gasteiger partial charge on any atom is 0.338 e. The summed E-state index contributed by atoms with van der Waals surface area (Å²) in [6.45, 7) is 3.79. The first-order valence-corrected chi connectivity index (χ1v) is 11.8. The molecule has 3 N–H and O–H groups in total. The number of nitrogen functional groups attached to an aromatic ring is 1. The molecule has 0 spiro atoms. The van der Waals surface area contributed by atoms with Gasteiger partial charge in [-0.1, -0.05) is 44.9 Å². The number of unbranched alkanes of at least 4 members (excludes halogenated alkanes) is 7. The molecular formula is C25H40N2O3. The van der Waals surface area contributed by atoms with Crippen LogP contribution in [0.4, 0.5) is 5.69 Å². The van der Waals surface area contributed by atoms with E-state index in [0.717, 1.165) is 25.7 Å². The Bertz CT molecular complexity index is 644. The molecule has 2 rings (SSSR count). The summed E-state index contributed by atoms with van der Waals surface area (Å²) in [6.07, 6.45) is 13.8. The highest BCUT2D eigenvalue weighted by Gasteiger charge is 2.29. The van der Waals surface area contributed by atoms with Gasteiger partial charge in [-0.3, -0.25) is 0 Å². The van der Waals surface area contributed by atoms with Crippen molar-refractivity contribution in [2.24, 2.45) is 0 Å². The lowest BCUT2D eigenvalue weighted by Crippen LogP contribution is -2.50. The van der Waals surface area contributed by atoms with Crippen LogP contribution in [0.25, 0.3) is 0 Å². The number of piperidine rings is 1. The fourth-order valence-corrected chi connectivity index (χ4v) is 4.22. The van der Waals surface area contributed by atoms with Crippen LogP contribution in [0.1, 0.15) is 101 Å². The number of rotatable bonds is 13. The lowest BCUT2D eigenvalue weighted by molar-refractivity contribution is -0.117. The number of hydrogen-bond donors (Lipinski definition) is 2. The number of carbonyl (C=O) groups is 2. The summed E-state index contributed by atoms with van der Waals surface area (Å²) in [5.74, 6) is 0.0420. The molecule has 1 aromatic rings. The smallest absolute Gasteiger partial charge is 0.338 e. The van der Waals surface area contributed by atoms with Crippen LogP contribution in [0, 0.1) is 0 Å². The fraction of sp³-hybridized carbons (Fsp3) is 0.680. The highest BCUT2D eigenvalue weighted by Crippen LogP contribution is 2.22. The van der Waals surface area contributed by atoms with Gasteiger partial charge >= 0.3 is 5.97 Å². The number of benzene rings is 1. The zero-order valence-corrected chi connectivity index (χ0v) is 18.8. The molecule has 0 amide bonds. The zero-order chi connectivity index (χ0) is 21.8. The molecule has 1 aliphatic heterocycles. The summed E-state index contributed by atoms with van der Waals surface area (Å²) in [6, 6.07) is 7.59. The highest BCUT2D eigenvalue weighted by atomic mass is 16.5. The van der Waals surface area contributed by atoms with Crippen molar-refractivity contribution in [1.82, 2.24) is 5.32 Å². The molecule has 5 heteroatoms. The van der Waals surface area contributed by atoms with Crippen molar-refractivity contribution in [2.45, 2.75) is 109 Å². The van der Waals surface area contributed by atoms with E-state index in [1.54, 1.807) is 31.2 Å². The highest BCUT2D eigenvalue weighted by molar-refractivity contribution is 5.89. The molecule has 0 unspecified atom stereocenters. The minimum atomic E-state index is -0.270. The van der Waals surface area contributed by atoms with E-state index in [4.69, 9.17) is 10.5 Å². The van der Waals surface area contributed by atoms with Crippen LogP contribution in [-0.2, 0) is 9.53 Å². The van der Waals surface area contributed by atoms with E-state index < -0.39 is 0 Å². The third-order valence-corrected chi connectivity index (χ3v) is 6.09. The van der Waals surface area contributed by atoms with E-state index in [1.165, 1.54) is 51.4 Å². The van der Waals surface area contributed by atoms with E-state index in [0.29, 0.717) is 23.1 Å². The number of Topliss-reactive ketones (excluding diaryl/α,β-unsaturated/α-hetero) is 1. The van der Waals surface area contributed by atoms with Gasteiger partial charge in [0, 0.05) is 24.2 Å². The summed E-state index contributed by atoms with van der Waals surface area (Å²) in [5, 5.41) is 3.64. The number of nitrogens with one attached hydrogen (secondary N) is 1. The van der Waals surface area contributed by atoms with Crippen molar-refractivity contribution < 1.29 is 14.3 Å². The lowest BCUT2D eigenvalue weighted by Gasteiger charge is -2.35. The van der Waals surface area contributed by atoms with Crippen molar-refractivity contribution in [1.29, 1.82) is 0 Å². The van der Waals surface area contributed by atoms with E-state index in [-0.39, 0.29) is 18.1 Å². The maximum atomic E-state index is 12.3. The Morgan fingerprint density at radius 2 is 1.57 bits per heavy atom. The zero-order valence-electron chi connectivity index (χ0n) is 18.8. The number of nitrogens with two attached hydrogens (primary N) is 1. The molecule has 1 aromatic carbocycles. The van der Waals surface area contributed by atoms with Gasteiger partial charge in [0.1, 0.15) is 11.9 Å².